The molecule has 0 bridgehead atoms. The molecule has 0 amide bonds. The van der Waals surface area contributed by atoms with Gasteiger partial charge in [-0.1, -0.05) is 13.0 Å². The number of nitrogen functional groups attached to an aromatic ring is 1. The zero-order chi connectivity index (χ0) is 10.6. The van der Waals surface area contributed by atoms with Crippen molar-refractivity contribution < 1.29 is 0 Å². The lowest BCUT2D eigenvalue weighted by atomic mass is 10.2. The largest absolute Gasteiger partial charge is 0.369 e. The summed E-state index contributed by atoms with van der Waals surface area (Å²) in [6, 6.07) is 6.90. The first-order valence-electron chi connectivity index (χ1n) is 5.41. The van der Waals surface area contributed by atoms with Crippen LogP contribution >= 0.6 is 0 Å². The number of nitrogens with zero attached hydrogens (tertiary/aromatic N) is 2. The molecule has 1 saturated carbocycles. The van der Waals surface area contributed by atoms with Gasteiger partial charge in [0.2, 0.25) is 5.95 Å². The smallest absolute Gasteiger partial charge is 0.201 e. The van der Waals surface area contributed by atoms with E-state index in [0.717, 1.165) is 11.4 Å². The van der Waals surface area contributed by atoms with Crippen molar-refractivity contribution >= 4 is 17.0 Å². The summed E-state index contributed by atoms with van der Waals surface area (Å²) >= 11 is 0. The number of aryl methyl sites for hydroxylation is 1. The molecule has 2 unspecified atom stereocenters. The molecule has 0 saturated heterocycles. The van der Waals surface area contributed by atoms with E-state index in [4.69, 9.17) is 5.73 Å². The van der Waals surface area contributed by atoms with Crippen molar-refractivity contribution in [3.05, 3.63) is 23.8 Å². The van der Waals surface area contributed by atoms with Gasteiger partial charge in [0, 0.05) is 6.04 Å². The Kier molecular flexibility index (Phi) is 1.61. The predicted octanol–water partition coefficient (Wildman–Crippen LogP) is 2.51. The summed E-state index contributed by atoms with van der Waals surface area (Å²) in [7, 11) is 0. The highest BCUT2D eigenvalue weighted by molar-refractivity contribution is 5.79. The maximum atomic E-state index is 5.96. The van der Waals surface area contributed by atoms with Crippen LogP contribution in [0.3, 0.4) is 0 Å². The lowest BCUT2D eigenvalue weighted by molar-refractivity contribution is 0.715. The van der Waals surface area contributed by atoms with E-state index in [9.17, 15) is 0 Å². The van der Waals surface area contributed by atoms with Gasteiger partial charge in [0.25, 0.3) is 0 Å². The van der Waals surface area contributed by atoms with Gasteiger partial charge in [-0.2, -0.15) is 0 Å². The van der Waals surface area contributed by atoms with Gasteiger partial charge >= 0.3 is 0 Å². The van der Waals surface area contributed by atoms with Gasteiger partial charge in [-0.3, -0.25) is 0 Å². The van der Waals surface area contributed by atoms with Crippen LogP contribution in [0.2, 0.25) is 0 Å². The standard InChI is InChI=1S/C12H15N3/c1-7-3-4-10-9(5-7)14-12(13)15(10)11-6-8(11)2/h3-5,8,11H,6H2,1-2H3,(H2,13,14). The molecule has 3 heteroatoms. The predicted molar refractivity (Wildman–Crippen MR) is 61.7 cm³/mol. The Morgan fingerprint density at radius 3 is 2.87 bits per heavy atom. The molecule has 2 N–H and O–H groups in total. The summed E-state index contributed by atoms with van der Waals surface area (Å²) in [6.45, 7) is 4.33. The van der Waals surface area contributed by atoms with Gasteiger partial charge in [0.1, 0.15) is 0 Å². The fourth-order valence-corrected chi connectivity index (χ4v) is 2.24. The highest BCUT2D eigenvalue weighted by Crippen LogP contribution is 2.45. The van der Waals surface area contributed by atoms with Crippen LogP contribution in [-0.2, 0) is 0 Å². The topological polar surface area (TPSA) is 43.8 Å². The molecule has 1 aliphatic rings. The molecule has 2 atom stereocenters. The van der Waals surface area contributed by atoms with E-state index < -0.39 is 0 Å². The van der Waals surface area contributed by atoms with Crippen molar-refractivity contribution in [3.63, 3.8) is 0 Å². The third-order valence-electron chi connectivity index (χ3n) is 3.27. The highest BCUT2D eigenvalue weighted by atomic mass is 15.2. The number of rotatable bonds is 1. The summed E-state index contributed by atoms with van der Waals surface area (Å²) < 4.78 is 2.18. The molecule has 3 rings (SSSR count). The number of imidazole rings is 1. The SMILES string of the molecule is Cc1ccc2c(c1)nc(N)n2C1CC1C. The molecule has 1 fully saturated rings. The van der Waals surface area contributed by atoms with E-state index in [2.05, 4.69) is 41.6 Å². The molecular formula is C12H15N3. The molecule has 2 aromatic rings. The van der Waals surface area contributed by atoms with Crippen LogP contribution in [0.15, 0.2) is 18.2 Å². The minimum Gasteiger partial charge on any atom is -0.369 e. The van der Waals surface area contributed by atoms with Crippen LogP contribution in [0.25, 0.3) is 11.0 Å². The van der Waals surface area contributed by atoms with Crippen molar-refractivity contribution in [3.8, 4) is 0 Å². The minimum absolute atomic E-state index is 0.567. The van der Waals surface area contributed by atoms with Gasteiger partial charge in [0.05, 0.1) is 11.0 Å². The molecule has 1 aromatic carbocycles. The number of hydrogen-bond donors (Lipinski definition) is 1. The molecule has 0 spiro atoms. The molecule has 0 radical (unpaired) electrons. The number of benzene rings is 1. The van der Waals surface area contributed by atoms with Crippen LogP contribution in [0.1, 0.15) is 24.9 Å². The van der Waals surface area contributed by atoms with Crippen LogP contribution in [0, 0.1) is 12.8 Å². The monoisotopic (exact) mass is 201 g/mol. The molecule has 1 aliphatic carbocycles. The Morgan fingerprint density at radius 2 is 2.20 bits per heavy atom. The molecule has 78 valence electrons. The maximum Gasteiger partial charge on any atom is 0.201 e. The number of nitrogens with two attached hydrogens (primary N) is 1. The van der Waals surface area contributed by atoms with E-state index in [-0.39, 0.29) is 0 Å². The third-order valence-corrected chi connectivity index (χ3v) is 3.27. The van der Waals surface area contributed by atoms with Gasteiger partial charge in [0.15, 0.2) is 0 Å². The highest BCUT2D eigenvalue weighted by Gasteiger charge is 2.36. The molecule has 0 aliphatic heterocycles. The normalized spacial score (nSPS) is 24.7. The van der Waals surface area contributed by atoms with Crippen LogP contribution < -0.4 is 5.73 Å². The van der Waals surface area contributed by atoms with Crippen LogP contribution in [0.4, 0.5) is 5.95 Å². The van der Waals surface area contributed by atoms with Crippen LogP contribution in [-0.4, -0.2) is 9.55 Å². The summed E-state index contributed by atoms with van der Waals surface area (Å²) in [4.78, 5) is 4.41. The summed E-state index contributed by atoms with van der Waals surface area (Å²) in [6.07, 6.45) is 1.23. The zero-order valence-electron chi connectivity index (χ0n) is 9.07. The molecule has 3 nitrogen and oxygen atoms in total. The second kappa shape index (κ2) is 2.75. The third kappa shape index (κ3) is 1.23. The van der Waals surface area contributed by atoms with Gasteiger partial charge in [-0.05, 0) is 37.0 Å². The van der Waals surface area contributed by atoms with E-state index in [0.29, 0.717) is 12.0 Å². The first kappa shape index (κ1) is 8.77. The Hall–Kier alpha value is -1.51. The molecule has 1 aromatic heterocycles. The van der Waals surface area contributed by atoms with Crippen molar-refractivity contribution in [2.24, 2.45) is 5.92 Å². The van der Waals surface area contributed by atoms with Crippen molar-refractivity contribution in [1.82, 2.24) is 9.55 Å². The number of fused-ring (bicyclic) bond motifs is 1. The first-order chi connectivity index (χ1) is 7.16. The van der Waals surface area contributed by atoms with E-state index in [1.165, 1.54) is 17.5 Å². The summed E-state index contributed by atoms with van der Waals surface area (Å²) in [5.74, 6) is 1.40. The Labute approximate surface area is 88.9 Å². The van der Waals surface area contributed by atoms with Crippen molar-refractivity contribution in [2.75, 3.05) is 5.73 Å². The Morgan fingerprint density at radius 1 is 1.47 bits per heavy atom. The van der Waals surface area contributed by atoms with Gasteiger partial charge in [-0.25, -0.2) is 4.98 Å². The number of hydrogen-bond acceptors (Lipinski definition) is 2. The van der Waals surface area contributed by atoms with Crippen LogP contribution in [0.5, 0.6) is 0 Å². The quantitative estimate of drug-likeness (QED) is 0.770. The first-order valence-corrected chi connectivity index (χ1v) is 5.41. The molecule has 15 heavy (non-hydrogen) atoms. The maximum absolute atomic E-state index is 5.96. The minimum atomic E-state index is 0.567. The summed E-state index contributed by atoms with van der Waals surface area (Å²) in [5.41, 5.74) is 9.38. The average molecular weight is 201 g/mol. The molecule has 1 heterocycles. The Bertz CT molecular complexity index is 527. The summed E-state index contributed by atoms with van der Waals surface area (Å²) in [5, 5.41) is 0. The van der Waals surface area contributed by atoms with Gasteiger partial charge < -0.3 is 10.3 Å². The fraction of sp³-hybridized carbons (Fsp3) is 0.417. The second-order valence-electron chi connectivity index (χ2n) is 4.61. The fourth-order valence-electron chi connectivity index (χ4n) is 2.24. The zero-order valence-corrected chi connectivity index (χ0v) is 9.07. The van der Waals surface area contributed by atoms with Crippen molar-refractivity contribution in [2.45, 2.75) is 26.3 Å². The van der Waals surface area contributed by atoms with E-state index >= 15 is 0 Å². The van der Waals surface area contributed by atoms with Gasteiger partial charge in [-0.15, -0.1) is 0 Å². The average Bonchev–Trinajstić information content (AvgIpc) is 2.77. The number of aromatic nitrogens is 2. The van der Waals surface area contributed by atoms with E-state index in [1.807, 2.05) is 0 Å². The second-order valence-corrected chi connectivity index (χ2v) is 4.61. The van der Waals surface area contributed by atoms with Crippen molar-refractivity contribution in [1.29, 1.82) is 0 Å². The lowest BCUT2D eigenvalue weighted by Gasteiger charge is -2.04. The molecular weight excluding hydrogens is 186 g/mol. The lowest BCUT2D eigenvalue weighted by Crippen LogP contribution is -2.01. The Balaban J connectivity index is 2.24. The van der Waals surface area contributed by atoms with E-state index in [1.54, 1.807) is 0 Å². The number of anilines is 1.